The summed E-state index contributed by atoms with van der Waals surface area (Å²) >= 11 is 0. The normalized spacial score (nSPS) is 24.6. The third kappa shape index (κ3) is 7.99. The van der Waals surface area contributed by atoms with Gasteiger partial charge in [0.1, 0.15) is 34.6 Å². The van der Waals surface area contributed by atoms with Crippen LogP contribution >= 0.6 is 0 Å². The van der Waals surface area contributed by atoms with Crippen molar-refractivity contribution in [1.29, 1.82) is 0 Å². The van der Waals surface area contributed by atoms with Crippen molar-refractivity contribution in [1.82, 2.24) is 35.0 Å². The van der Waals surface area contributed by atoms with E-state index in [0.29, 0.717) is 102 Å². The fourth-order valence-electron chi connectivity index (χ4n) is 12.5. The first-order valence-electron chi connectivity index (χ1n) is 25.2. The van der Waals surface area contributed by atoms with Crippen LogP contribution in [0.3, 0.4) is 0 Å². The van der Waals surface area contributed by atoms with Gasteiger partial charge in [0.2, 0.25) is 5.91 Å². The molecule has 1 unspecified atom stereocenters. The summed E-state index contributed by atoms with van der Waals surface area (Å²) in [6.45, 7) is 16.4. The lowest BCUT2D eigenvalue weighted by molar-refractivity contribution is -0.126. The van der Waals surface area contributed by atoms with Gasteiger partial charge in [0, 0.05) is 92.5 Å². The number of fused-ring (bicyclic) bond motifs is 3. The highest BCUT2D eigenvalue weighted by Crippen LogP contribution is 2.49. The first kappa shape index (κ1) is 45.2. The van der Waals surface area contributed by atoms with E-state index >= 15 is 8.78 Å². The van der Waals surface area contributed by atoms with Crippen molar-refractivity contribution >= 4 is 45.0 Å². The van der Waals surface area contributed by atoms with Crippen molar-refractivity contribution in [3.05, 3.63) is 89.3 Å². The van der Waals surface area contributed by atoms with Gasteiger partial charge in [-0.3, -0.25) is 19.5 Å². The van der Waals surface area contributed by atoms with Gasteiger partial charge in [-0.05, 0) is 142 Å². The number of phenols is 1. The van der Waals surface area contributed by atoms with Gasteiger partial charge in [0.15, 0.2) is 5.82 Å². The van der Waals surface area contributed by atoms with Gasteiger partial charge in [-0.2, -0.15) is 9.97 Å². The van der Waals surface area contributed by atoms with Crippen LogP contribution in [0.2, 0.25) is 0 Å². The maximum Gasteiger partial charge on any atom is 0.319 e. The van der Waals surface area contributed by atoms with Crippen molar-refractivity contribution in [2.75, 3.05) is 75.3 Å². The number of ether oxygens (including phenoxy) is 1. The van der Waals surface area contributed by atoms with Gasteiger partial charge in [0.25, 0.3) is 5.91 Å². The second-order valence-corrected chi connectivity index (χ2v) is 22.0. The summed E-state index contributed by atoms with van der Waals surface area (Å²) < 4.78 is 38.8. The Balaban J connectivity index is 0.687. The maximum absolute atomic E-state index is 17.1. The highest BCUT2D eigenvalue weighted by atomic mass is 19.1. The molecule has 5 saturated heterocycles. The van der Waals surface area contributed by atoms with Crippen LogP contribution in [0, 0.1) is 22.5 Å². The largest absolute Gasteiger partial charge is 0.508 e. The first-order valence-corrected chi connectivity index (χ1v) is 25.2. The molecule has 7 aliphatic rings. The number of halogens is 2. The monoisotopic (exact) mass is 953 g/mol. The number of piperidine rings is 3. The lowest BCUT2D eigenvalue weighted by Crippen LogP contribution is -2.70. The van der Waals surface area contributed by atoms with Gasteiger partial charge >= 0.3 is 6.01 Å². The van der Waals surface area contributed by atoms with Crippen molar-refractivity contribution in [3.8, 4) is 23.0 Å². The SMILES string of the molecule is C=C1CCC(N2Cc3cc(N4CC(N5CC6(CCN(CC7(COc8nc(N9CCC[C@@](C)(O)C9)c9cnc(-c%10cc(O)cc%11ccc(F)c(CC)c%10%11)c(F)c9n8)CC7)CC6)C5)C4)ccc3C2=O)C(=O)N1. The Morgan fingerprint density at radius 1 is 0.943 bits per heavy atom. The summed E-state index contributed by atoms with van der Waals surface area (Å²) in [5, 5.41) is 26.1. The van der Waals surface area contributed by atoms with Gasteiger partial charge in [-0.15, -0.1) is 0 Å². The number of anilines is 2. The van der Waals surface area contributed by atoms with Gasteiger partial charge < -0.3 is 39.9 Å². The average molecular weight is 954 g/mol. The molecule has 0 bridgehead atoms. The van der Waals surface area contributed by atoms with E-state index in [0.717, 1.165) is 89.2 Å². The zero-order chi connectivity index (χ0) is 48.3. The van der Waals surface area contributed by atoms with E-state index in [4.69, 9.17) is 14.7 Å². The average Bonchev–Trinajstić information content (AvgIpc) is 4.00. The molecule has 12 rings (SSSR count). The minimum absolute atomic E-state index is 0.0175. The molecule has 2 atom stereocenters. The number of β-amino-alcohol motifs (C(OH)–C–C–N with tert-alkyl or cyclic N) is 1. The molecule has 70 heavy (non-hydrogen) atoms. The van der Waals surface area contributed by atoms with Crippen LogP contribution in [0.1, 0.15) is 86.7 Å². The van der Waals surface area contributed by atoms with Gasteiger partial charge in [0.05, 0.1) is 17.6 Å². The van der Waals surface area contributed by atoms with Crippen LogP contribution in [0.4, 0.5) is 20.3 Å². The zero-order valence-corrected chi connectivity index (χ0v) is 40.1. The number of rotatable bonds is 11. The molecule has 2 aromatic heterocycles. The minimum Gasteiger partial charge on any atom is -0.508 e. The summed E-state index contributed by atoms with van der Waals surface area (Å²) in [5.41, 5.74) is 3.53. The van der Waals surface area contributed by atoms with E-state index in [-0.39, 0.29) is 45.8 Å². The summed E-state index contributed by atoms with van der Waals surface area (Å²) in [6, 6.07) is 12.2. The lowest BCUT2D eigenvalue weighted by atomic mass is 9.70. The van der Waals surface area contributed by atoms with Crippen LogP contribution < -0.4 is 19.9 Å². The molecule has 16 heteroatoms. The maximum atomic E-state index is 17.1. The second-order valence-electron chi connectivity index (χ2n) is 22.0. The molecule has 3 N–H and O–H groups in total. The van der Waals surface area contributed by atoms with Crippen LogP contribution in [-0.2, 0) is 17.8 Å². The summed E-state index contributed by atoms with van der Waals surface area (Å²) in [5.74, 6) is -0.976. The molecule has 0 radical (unpaired) electrons. The number of hydrogen-bond acceptors (Lipinski definition) is 12. The molecule has 6 fully saturated rings. The van der Waals surface area contributed by atoms with Crippen LogP contribution in [0.5, 0.6) is 11.8 Å². The molecule has 366 valence electrons. The number of benzene rings is 3. The van der Waals surface area contributed by atoms with E-state index in [1.54, 1.807) is 24.0 Å². The third-order valence-corrected chi connectivity index (χ3v) is 16.8. The highest BCUT2D eigenvalue weighted by Gasteiger charge is 2.51. The molecule has 8 heterocycles. The number of hydrogen-bond donors (Lipinski definition) is 3. The number of pyridine rings is 1. The van der Waals surface area contributed by atoms with Crippen LogP contribution in [0.15, 0.2) is 60.9 Å². The van der Waals surface area contributed by atoms with E-state index in [9.17, 15) is 19.8 Å². The smallest absolute Gasteiger partial charge is 0.319 e. The fourth-order valence-corrected chi connectivity index (χ4v) is 12.5. The third-order valence-electron chi connectivity index (χ3n) is 16.8. The predicted molar refractivity (Wildman–Crippen MR) is 263 cm³/mol. The molecule has 3 aromatic carbocycles. The number of aromatic nitrogens is 3. The number of likely N-dealkylation sites (tertiary alicyclic amines) is 2. The first-order chi connectivity index (χ1) is 33.7. The summed E-state index contributed by atoms with van der Waals surface area (Å²) in [6.07, 6.45) is 8.91. The number of carbonyl (C=O) groups excluding carboxylic acids is 2. The Kier molecular flexibility index (Phi) is 10.9. The van der Waals surface area contributed by atoms with Gasteiger partial charge in [-0.1, -0.05) is 19.6 Å². The molecular formula is C54H61F2N9O5. The number of aromatic hydroxyl groups is 1. The second kappa shape index (κ2) is 16.8. The summed E-state index contributed by atoms with van der Waals surface area (Å²) in [7, 11) is 0. The molecule has 1 saturated carbocycles. The Morgan fingerprint density at radius 3 is 2.49 bits per heavy atom. The predicted octanol–water partition coefficient (Wildman–Crippen LogP) is 6.94. The minimum atomic E-state index is -0.961. The molecular weight excluding hydrogens is 893 g/mol. The Hall–Kier alpha value is -5.97. The Labute approximate surface area is 406 Å². The number of aliphatic hydroxyl groups is 1. The number of nitrogens with zero attached hydrogens (tertiary/aromatic N) is 8. The van der Waals surface area contributed by atoms with E-state index in [1.807, 2.05) is 17.9 Å². The topological polar surface area (TPSA) is 151 Å². The van der Waals surface area contributed by atoms with Gasteiger partial charge in [-0.25, -0.2) is 8.78 Å². The highest BCUT2D eigenvalue weighted by molar-refractivity contribution is 6.03. The number of amides is 2. The number of phenolic OH excluding ortho intramolecular Hbond substituents is 1. The summed E-state index contributed by atoms with van der Waals surface area (Å²) in [4.78, 5) is 51.4. The molecule has 1 spiro atoms. The van der Waals surface area contributed by atoms with Crippen molar-refractivity contribution in [3.63, 3.8) is 0 Å². The van der Waals surface area contributed by atoms with Crippen LogP contribution in [0.25, 0.3) is 32.9 Å². The number of carbonyl (C=O) groups is 2. The quantitative estimate of drug-likeness (QED) is 0.126. The molecule has 14 nitrogen and oxygen atoms in total. The fraction of sp³-hybridized carbons (Fsp3) is 0.500. The standard InChI is InChI=1S/C54H61F2N9O5/c1-4-38-42(55)10-7-33-21-37(66)22-40(44(33)38)46-45(56)47-41(23-57-46)48(62-17-5-12-52(3,69)27-62)60-51(59-47)70-31-54(13-14-54)28-61-18-15-53(16-19-61)29-64(30-53)36-25-63(26-36)35-8-9-39-34(20-35)24-65(50(39)68)43-11-6-32(2)58-49(43)67/h7-10,20-23,36,43,66,69H,2,4-6,11-19,24-31H2,1,3H3,(H,58,67)/t43?,52-/m1/s1. The lowest BCUT2D eigenvalue weighted by Gasteiger charge is -2.60. The van der Waals surface area contributed by atoms with Crippen LogP contribution in [-0.4, -0.2) is 135 Å². The Bertz CT molecular complexity index is 2980. The van der Waals surface area contributed by atoms with Crippen molar-refractivity contribution < 1.29 is 33.3 Å². The van der Waals surface area contributed by atoms with Crippen molar-refractivity contribution in [2.45, 2.75) is 95.9 Å². The molecule has 6 aliphatic heterocycles. The zero-order valence-electron chi connectivity index (χ0n) is 40.1. The van der Waals surface area contributed by atoms with E-state index in [2.05, 4.69) is 43.7 Å². The number of aryl methyl sites for hydroxylation is 1. The van der Waals surface area contributed by atoms with E-state index in [1.165, 1.54) is 18.3 Å². The number of allylic oxidation sites excluding steroid dienone is 1. The number of nitrogens with one attached hydrogen (secondary N) is 1. The Morgan fingerprint density at radius 2 is 1.74 bits per heavy atom. The molecule has 1 aliphatic carbocycles. The van der Waals surface area contributed by atoms with Crippen molar-refractivity contribution in [2.24, 2.45) is 10.8 Å². The molecule has 2 amide bonds. The molecule has 5 aromatic rings. The van der Waals surface area contributed by atoms with E-state index < -0.39 is 23.3 Å².